The molecule has 0 heterocycles. The topological polar surface area (TPSA) is 61.4 Å². The molecule has 0 aromatic heterocycles. The van der Waals surface area contributed by atoms with E-state index in [0.717, 1.165) is 0 Å². The highest BCUT2D eigenvalue weighted by atomic mass is 79.9. The van der Waals surface area contributed by atoms with Gasteiger partial charge in [0.05, 0.1) is 17.8 Å². The fraction of sp³-hybridized carbons (Fsp3) is 0.176. The molecule has 0 spiro atoms. The number of para-hydroxylation sites is 1. The number of benzene rings is 2. The SMILES string of the molecule is CN(C)C(=O)c1ccccc1NCC(=O)Nc1ccc(Br)cc1F. The summed E-state index contributed by atoms with van der Waals surface area (Å²) in [5.41, 5.74) is 1.11. The Kier molecular flexibility index (Phi) is 5.92. The van der Waals surface area contributed by atoms with E-state index in [4.69, 9.17) is 0 Å². The summed E-state index contributed by atoms with van der Waals surface area (Å²) in [4.78, 5) is 25.6. The normalized spacial score (nSPS) is 10.2. The van der Waals surface area contributed by atoms with Crippen molar-refractivity contribution in [3.8, 4) is 0 Å². The molecule has 126 valence electrons. The zero-order chi connectivity index (χ0) is 17.7. The van der Waals surface area contributed by atoms with Crippen molar-refractivity contribution in [2.24, 2.45) is 0 Å². The molecule has 0 atom stereocenters. The fourth-order valence-electron chi connectivity index (χ4n) is 2.03. The Hall–Kier alpha value is -2.41. The van der Waals surface area contributed by atoms with Crippen LogP contribution in [0.3, 0.4) is 0 Å². The summed E-state index contributed by atoms with van der Waals surface area (Å²) in [6, 6.07) is 11.3. The van der Waals surface area contributed by atoms with Crippen LogP contribution in [0, 0.1) is 5.82 Å². The lowest BCUT2D eigenvalue weighted by atomic mass is 10.1. The third-order valence-electron chi connectivity index (χ3n) is 3.21. The van der Waals surface area contributed by atoms with Crippen molar-refractivity contribution < 1.29 is 14.0 Å². The summed E-state index contributed by atoms with van der Waals surface area (Å²) >= 11 is 3.16. The lowest BCUT2D eigenvalue weighted by molar-refractivity contribution is -0.114. The van der Waals surface area contributed by atoms with Crippen molar-refractivity contribution >= 4 is 39.1 Å². The van der Waals surface area contributed by atoms with Crippen LogP contribution < -0.4 is 10.6 Å². The molecule has 0 radical (unpaired) electrons. The van der Waals surface area contributed by atoms with Crippen LogP contribution in [0.5, 0.6) is 0 Å². The van der Waals surface area contributed by atoms with Crippen LogP contribution in [0.4, 0.5) is 15.8 Å². The number of amides is 2. The third-order valence-corrected chi connectivity index (χ3v) is 3.70. The first-order valence-electron chi connectivity index (χ1n) is 7.18. The van der Waals surface area contributed by atoms with E-state index in [0.29, 0.717) is 15.7 Å². The van der Waals surface area contributed by atoms with Crippen LogP contribution in [0.1, 0.15) is 10.4 Å². The number of nitrogens with one attached hydrogen (secondary N) is 2. The van der Waals surface area contributed by atoms with Crippen molar-refractivity contribution in [3.63, 3.8) is 0 Å². The molecule has 24 heavy (non-hydrogen) atoms. The van der Waals surface area contributed by atoms with E-state index in [1.807, 2.05) is 0 Å². The molecule has 7 heteroatoms. The molecule has 0 aliphatic carbocycles. The van der Waals surface area contributed by atoms with Gasteiger partial charge < -0.3 is 15.5 Å². The Balaban J connectivity index is 2.03. The molecule has 0 aliphatic rings. The van der Waals surface area contributed by atoms with E-state index in [9.17, 15) is 14.0 Å². The molecule has 0 saturated heterocycles. The Labute approximate surface area is 148 Å². The van der Waals surface area contributed by atoms with Gasteiger partial charge in [0.25, 0.3) is 5.91 Å². The van der Waals surface area contributed by atoms with Gasteiger partial charge in [0.1, 0.15) is 5.82 Å². The van der Waals surface area contributed by atoms with Crippen LogP contribution in [0.15, 0.2) is 46.9 Å². The van der Waals surface area contributed by atoms with E-state index < -0.39 is 11.7 Å². The predicted molar refractivity (Wildman–Crippen MR) is 95.7 cm³/mol. The quantitative estimate of drug-likeness (QED) is 0.818. The Bertz CT molecular complexity index is 765. The van der Waals surface area contributed by atoms with Crippen LogP contribution in [-0.2, 0) is 4.79 Å². The van der Waals surface area contributed by atoms with E-state index in [2.05, 4.69) is 26.6 Å². The maximum atomic E-state index is 13.7. The number of rotatable bonds is 5. The minimum absolute atomic E-state index is 0.0901. The zero-order valence-corrected chi connectivity index (χ0v) is 14.9. The summed E-state index contributed by atoms with van der Waals surface area (Å²) in [6.07, 6.45) is 0. The van der Waals surface area contributed by atoms with Crippen LogP contribution in [0.25, 0.3) is 0 Å². The van der Waals surface area contributed by atoms with E-state index >= 15 is 0 Å². The fourth-order valence-corrected chi connectivity index (χ4v) is 2.36. The predicted octanol–water partition coefficient (Wildman–Crippen LogP) is 3.34. The molecule has 0 fully saturated rings. The second-order valence-electron chi connectivity index (χ2n) is 5.27. The van der Waals surface area contributed by atoms with E-state index in [1.54, 1.807) is 44.4 Å². The van der Waals surface area contributed by atoms with Crippen molar-refractivity contribution in [2.75, 3.05) is 31.3 Å². The number of carbonyl (C=O) groups is 2. The van der Waals surface area contributed by atoms with Gasteiger partial charge in [-0.1, -0.05) is 28.1 Å². The summed E-state index contributed by atoms with van der Waals surface area (Å²) in [5, 5.41) is 5.40. The average Bonchev–Trinajstić information content (AvgIpc) is 2.55. The molecule has 0 saturated carbocycles. The molecular weight excluding hydrogens is 377 g/mol. The maximum Gasteiger partial charge on any atom is 0.255 e. The smallest absolute Gasteiger partial charge is 0.255 e. The largest absolute Gasteiger partial charge is 0.376 e. The lowest BCUT2D eigenvalue weighted by Gasteiger charge is -2.15. The Morgan fingerprint density at radius 2 is 1.83 bits per heavy atom. The first-order valence-corrected chi connectivity index (χ1v) is 7.97. The number of anilines is 2. The second-order valence-corrected chi connectivity index (χ2v) is 6.19. The van der Waals surface area contributed by atoms with Crippen molar-refractivity contribution in [1.29, 1.82) is 0 Å². The molecule has 2 aromatic carbocycles. The maximum absolute atomic E-state index is 13.7. The highest BCUT2D eigenvalue weighted by molar-refractivity contribution is 9.10. The molecule has 0 bridgehead atoms. The standard InChI is InChI=1S/C17H17BrFN3O2/c1-22(2)17(24)12-5-3-4-6-14(12)20-10-16(23)21-15-8-7-11(18)9-13(15)19/h3-9,20H,10H2,1-2H3,(H,21,23). The Morgan fingerprint density at radius 1 is 1.12 bits per heavy atom. The number of hydrogen-bond acceptors (Lipinski definition) is 3. The number of nitrogens with zero attached hydrogens (tertiary/aromatic N) is 1. The first-order chi connectivity index (χ1) is 11.4. The third kappa shape index (κ3) is 4.55. The van der Waals surface area contributed by atoms with Crippen LogP contribution in [-0.4, -0.2) is 37.4 Å². The summed E-state index contributed by atoms with van der Waals surface area (Å²) in [7, 11) is 3.31. The van der Waals surface area contributed by atoms with Gasteiger partial charge in [0.15, 0.2) is 0 Å². The highest BCUT2D eigenvalue weighted by Gasteiger charge is 2.13. The molecule has 2 amide bonds. The van der Waals surface area contributed by atoms with Gasteiger partial charge >= 0.3 is 0 Å². The van der Waals surface area contributed by atoms with Gasteiger partial charge in [-0.05, 0) is 30.3 Å². The van der Waals surface area contributed by atoms with Gasteiger partial charge in [-0.2, -0.15) is 0 Å². The van der Waals surface area contributed by atoms with E-state index in [-0.39, 0.29) is 18.1 Å². The molecule has 5 nitrogen and oxygen atoms in total. The van der Waals surface area contributed by atoms with E-state index in [1.165, 1.54) is 17.0 Å². The molecule has 2 N–H and O–H groups in total. The van der Waals surface area contributed by atoms with Gasteiger partial charge in [0, 0.05) is 24.3 Å². The summed E-state index contributed by atoms with van der Waals surface area (Å²) in [5.74, 6) is -1.11. The van der Waals surface area contributed by atoms with Crippen LogP contribution >= 0.6 is 15.9 Å². The minimum atomic E-state index is -0.527. The number of carbonyl (C=O) groups excluding carboxylic acids is 2. The van der Waals surface area contributed by atoms with Crippen molar-refractivity contribution in [1.82, 2.24) is 4.90 Å². The minimum Gasteiger partial charge on any atom is -0.376 e. The summed E-state index contributed by atoms with van der Waals surface area (Å²) in [6.45, 7) is -0.0901. The zero-order valence-electron chi connectivity index (χ0n) is 13.3. The molecular formula is C17H17BrFN3O2. The average molecular weight is 394 g/mol. The monoisotopic (exact) mass is 393 g/mol. The number of halogens is 2. The highest BCUT2D eigenvalue weighted by Crippen LogP contribution is 2.20. The van der Waals surface area contributed by atoms with Gasteiger partial charge in [-0.15, -0.1) is 0 Å². The molecule has 2 rings (SSSR count). The second kappa shape index (κ2) is 7.92. The molecule has 2 aromatic rings. The summed E-state index contributed by atoms with van der Waals surface area (Å²) < 4.78 is 14.3. The van der Waals surface area contributed by atoms with Gasteiger partial charge in [-0.25, -0.2) is 4.39 Å². The Morgan fingerprint density at radius 3 is 2.50 bits per heavy atom. The van der Waals surface area contributed by atoms with Gasteiger partial charge in [-0.3, -0.25) is 9.59 Å². The lowest BCUT2D eigenvalue weighted by Crippen LogP contribution is -2.26. The number of hydrogen-bond donors (Lipinski definition) is 2. The van der Waals surface area contributed by atoms with Crippen molar-refractivity contribution in [3.05, 3.63) is 58.3 Å². The first kappa shape index (κ1) is 17.9. The molecule has 0 aliphatic heterocycles. The van der Waals surface area contributed by atoms with Gasteiger partial charge in [0.2, 0.25) is 5.91 Å². The van der Waals surface area contributed by atoms with Crippen LogP contribution in [0.2, 0.25) is 0 Å². The molecule has 0 unspecified atom stereocenters. The van der Waals surface area contributed by atoms with Crippen molar-refractivity contribution in [2.45, 2.75) is 0 Å².